The van der Waals surface area contributed by atoms with Crippen LogP contribution in [-0.2, 0) is 17.7 Å². The zero-order chi connectivity index (χ0) is 35.1. The van der Waals surface area contributed by atoms with E-state index in [0.717, 1.165) is 4.90 Å². The zero-order valence-corrected chi connectivity index (χ0v) is 31.6. The molecule has 2 fully saturated rings. The second-order valence-corrected chi connectivity index (χ2v) is 23.1. The lowest BCUT2D eigenvalue weighted by Crippen LogP contribution is -2.65. The summed E-state index contributed by atoms with van der Waals surface area (Å²) in [5.74, 6) is -0.962. The van der Waals surface area contributed by atoms with Crippen molar-refractivity contribution in [2.24, 2.45) is 0 Å². The third-order valence-corrected chi connectivity index (χ3v) is 20.1. The van der Waals surface area contributed by atoms with Gasteiger partial charge in [0.25, 0.3) is 11.8 Å². The number of amides is 2. The summed E-state index contributed by atoms with van der Waals surface area (Å²) in [6.07, 6.45) is 2.57. The van der Waals surface area contributed by atoms with E-state index >= 15 is 0 Å². The van der Waals surface area contributed by atoms with Gasteiger partial charge < -0.3 is 17.7 Å². The molecule has 2 saturated heterocycles. The van der Waals surface area contributed by atoms with Crippen molar-refractivity contribution < 1.29 is 27.3 Å². The van der Waals surface area contributed by atoms with Crippen LogP contribution in [0.3, 0.4) is 0 Å². The summed E-state index contributed by atoms with van der Waals surface area (Å²) in [4.78, 5) is 38.1. The number of anilines is 1. The largest absolute Gasteiger partial charge is 0.414 e. The average Bonchev–Trinajstić information content (AvgIpc) is 3.69. The SMILES string of the molecule is CC(C)[Si]1(C(C)C)OC[C@H]2O[C@@H](c3cnc4c(N(C(=O)c5ccccc5)C(=O)c5ccccc5)ncnn34)C[C@@H]2O[Si](C(C)C)(C(C)C)O1. The van der Waals surface area contributed by atoms with E-state index in [2.05, 4.69) is 70.5 Å². The molecule has 0 spiro atoms. The van der Waals surface area contributed by atoms with Gasteiger partial charge in [-0.3, -0.25) is 9.59 Å². The smallest absolute Gasteiger partial charge is 0.335 e. The van der Waals surface area contributed by atoms with Crippen molar-refractivity contribution in [2.75, 3.05) is 11.5 Å². The normalized spacial score (nSPS) is 22.0. The second kappa shape index (κ2) is 14.0. The van der Waals surface area contributed by atoms with Crippen molar-refractivity contribution in [3.63, 3.8) is 0 Å². The molecule has 2 amide bonds. The van der Waals surface area contributed by atoms with Crippen LogP contribution in [0.2, 0.25) is 22.2 Å². The Labute approximate surface area is 290 Å². The Kier molecular flexibility index (Phi) is 10.0. The number of hydrogen-bond donors (Lipinski definition) is 0. The zero-order valence-electron chi connectivity index (χ0n) is 29.6. The highest BCUT2D eigenvalue weighted by Gasteiger charge is 2.60. The van der Waals surface area contributed by atoms with Gasteiger partial charge in [-0.2, -0.15) is 5.10 Å². The number of benzene rings is 2. The number of aromatic nitrogens is 4. The van der Waals surface area contributed by atoms with E-state index < -0.39 is 35.0 Å². The Morgan fingerprint density at radius 3 is 1.86 bits per heavy atom. The third kappa shape index (κ3) is 6.32. The van der Waals surface area contributed by atoms with Gasteiger partial charge in [0.2, 0.25) is 0 Å². The molecule has 2 aliphatic heterocycles. The summed E-state index contributed by atoms with van der Waals surface area (Å²) in [5.41, 5.74) is 2.46. The van der Waals surface area contributed by atoms with Crippen LogP contribution in [0.5, 0.6) is 0 Å². The molecule has 6 rings (SSSR count). The summed E-state index contributed by atoms with van der Waals surface area (Å²) < 4.78 is 29.9. The fourth-order valence-electron chi connectivity index (χ4n) is 7.24. The van der Waals surface area contributed by atoms with Gasteiger partial charge in [0, 0.05) is 17.5 Å². The lowest BCUT2D eigenvalue weighted by molar-refractivity contribution is -0.0396. The summed E-state index contributed by atoms with van der Waals surface area (Å²) in [6, 6.07) is 17.3. The maximum absolute atomic E-state index is 14.0. The van der Waals surface area contributed by atoms with Gasteiger partial charge >= 0.3 is 17.1 Å². The Bertz CT molecular complexity index is 1720. The van der Waals surface area contributed by atoms with Crippen LogP contribution >= 0.6 is 0 Å². The molecule has 0 aliphatic carbocycles. The lowest BCUT2D eigenvalue weighted by Gasteiger charge is -2.51. The fraction of sp³-hybridized carbons (Fsp3) is 0.472. The van der Waals surface area contributed by atoms with Gasteiger partial charge in [0.15, 0.2) is 11.5 Å². The Morgan fingerprint density at radius 2 is 1.33 bits per heavy atom. The molecule has 2 aromatic heterocycles. The molecular weight excluding hydrogens is 655 g/mol. The molecule has 0 saturated carbocycles. The van der Waals surface area contributed by atoms with Crippen molar-refractivity contribution in [1.29, 1.82) is 0 Å². The third-order valence-electron chi connectivity index (χ3n) is 9.85. The Hall–Kier alpha value is -3.60. The molecule has 0 unspecified atom stereocenters. The number of rotatable bonds is 8. The molecule has 0 bridgehead atoms. The van der Waals surface area contributed by atoms with E-state index in [0.29, 0.717) is 29.8 Å². The Morgan fingerprint density at radius 1 is 0.776 bits per heavy atom. The first-order valence-electron chi connectivity index (χ1n) is 17.2. The van der Waals surface area contributed by atoms with Crippen LogP contribution in [0.25, 0.3) is 5.65 Å². The van der Waals surface area contributed by atoms with Crippen molar-refractivity contribution in [1.82, 2.24) is 19.6 Å². The summed E-state index contributed by atoms with van der Waals surface area (Å²) >= 11 is 0. The summed E-state index contributed by atoms with van der Waals surface area (Å²) in [5, 5.41) is 4.53. The van der Waals surface area contributed by atoms with Gasteiger partial charge in [-0.15, -0.1) is 0 Å². The number of carbonyl (C=O) groups is 2. The predicted octanol–water partition coefficient (Wildman–Crippen LogP) is 7.40. The number of imidazole rings is 1. The number of carbonyl (C=O) groups excluding carboxylic acids is 2. The lowest BCUT2D eigenvalue weighted by atomic mass is 10.1. The van der Waals surface area contributed by atoms with Gasteiger partial charge in [-0.25, -0.2) is 19.4 Å². The van der Waals surface area contributed by atoms with Crippen molar-refractivity contribution in [3.8, 4) is 0 Å². The van der Waals surface area contributed by atoms with E-state index in [1.165, 1.54) is 6.33 Å². The standard InChI is InChI=1S/C36H47N5O6Si2/c1-23(2)48(24(3)4)44-21-32-31(46-49(47-48,25(5)6)26(7)8)19-30(45-32)29-20-37-34-33(38-22-39-41(29)34)40(35(42)27-15-11-9-12-16-27)36(43)28-17-13-10-14-18-28/h9-18,20,22-26,30-32H,19,21H2,1-8H3/t30-,31+,32-/m1/s1. The monoisotopic (exact) mass is 701 g/mol. The number of nitrogens with zero attached hydrogens (tertiary/aromatic N) is 5. The maximum Gasteiger partial charge on any atom is 0.335 e. The molecular formula is C36H47N5O6Si2. The van der Waals surface area contributed by atoms with E-state index in [1.54, 1.807) is 59.2 Å². The molecule has 0 radical (unpaired) electrons. The van der Waals surface area contributed by atoms with Crippen molar-refractivity contribution >= 4 is 40.4 Å². The van der Waals surface area contributed by atoms with E-state index in [4.69, 9.17) is 17.7 Å². The molecule has 49 heavy (non-hydrogen) atoms. The second-order valence-electron chi connectivity index (χ2n) is 14.2. The molecule has 3 atom stereocenters. The number of ether oxygens (including phenoxy) is 1. The minimum absolute atomic E-state index is 0.0802. The first-order valence-corrected chi connectivity index (χ1v) is 21.2. The number of fused-ring (bicyclic) bond motifs is 2. The van der Waals surface area contributed by atoms with Crippen LogP contribution < -0.4 is 4.90 Å². The van der Waals surface area contributed by atoms with E-state index in [-0.39, 0.29) is 45.8 Å². The molecule has 4 aromatic rings. The van der Waals surface area contributed by atoms with Gasteiger partial charge in [-0.05, 0) is 46.4 Å². The molecule has 0 N–H and O–H groups in total. The van der Waals surface area contributed by atoms with E-state index in [1.807, 2.05) is 12.1 Å². The molecule has 4 heterocycles. The van der Waals surface area contributed by atoms with Crippen LogP contribution in [-0.4, -0.2) is 67.3 Å². The highest BCUT2D eigenvalue weighted by atomic mass is 28.5. The van der Waals surface area contributed by atoms with Crippen LogP contribution in [0.1, 0.15) is 94.3 Å². The average molecular weight is 702 g/mol. The maximum atomic E-state index is 14.0. The minimum Gasteiger partial charge on any atom is -0.414 e. The first-order chi connectivity index (χ1) is 23.4. The molecule has 260 valence electrons. The van der Waals surface area contributed by atoms with Crippen LogP contribution in [0, 0.1) is 0 Å². The minimum atomic E-state index is -2.82. The fourth-order valence-corrected chi connectivity index (χ4v) is 18.5. The highest BCUT2D eigenvalue weighted by Crippen LogP contribution is 2.49. The quantitative estimate of drug-likeness (QED) is 0.137. The van der Waals surface area contributed by atoms with Gasteiger partial charge in [0.05, 0.1) is 24.6 Å². The van der Waals surface area contributed by atoms with Crippen molar-refractivity contribution in [2.45, 2.75) is 102 Å². The number of hydrogen-bond acceptors (Lipinski definition) is 9. The van der Waals surface area contributed by atoms with Crippen LogP contribution in [0.15, 0.2) is 73.2 Å². The van der Waals surface area contributed by atoms with E-state index in [9.17, 15) is 9.59 Å². The summed E-state index contributed by atoms with van der Waals surface area (Å²) in [7, 11) is -5.54. The number of imide groups is 1. The topological polar surface area (TPSA) is 117 Å². The van der Waals surface area contributed by atoms with Crippen molar-refractivity contribution in [3.05, 3.63) is 90.0 Å². The Balaban J connectivity index is 1.38. The molecule has 11 nitrogen and oxygen atoms in total. The molecule has 2 aliphatic rings. The molecule has 13 heteroatoms. The highest BCUT2D eigenvalue weighted by molar-refractivity contribution is 6.84. The van der Waals surface area contributed by atoms with Gasteiger partial charge in [0.1, 0.15) is 18.5 Å². The summed E-state index contributed by atoms with van der Waals surface area (Å²) in [6.45, 7) is 18.0. The van der Waals surface area contributed by atoms with Crippen LogP contribution in [0.4, 0.5) is 5.82 Å². The predicted molar refractivity (Wildman–Crippen MR) is 191 cm³/mol. The molecule has 2 aromatic carbocycles. The first kappa shape index (κ1) is 35.2. The van der Waals surface area contributed by atoms with Gasteiger partial charge in [-0.1, -0.05) is 91.8 Å².